The van der Waals surface area contributed by atoms with E-state index in [2.05, 4.69) is 40.0 Å². The molecule has 0 spiro atoms. The van der Waals surface area contributed by atoms with Gasteiger partial charge in [-0.3, -0.25) is 0 Å². The summed E-state index contributed by atoms with van der Waals surface area (Å²) in [5.74, 6) is 0.877. The van der Waals surface area contributed by atoms with Crippen molar-refractivity contribution < 1.29 is 4.74 Å². The highest BCUT2D eigenvalue weighted by Crippen LogP contribution is 2.35. The van der Waals surface area contributed by atoms with Crippen molar-refractivity contribution in [2.45, 2.75) is 57.9 Å². The minimum Gasteiger partial charge on any atom is -0.371 e. The predicted octanol–water partition coefficient (Wildman–Crippen LogP) is 1.82. The first-order valence-corrected chi connectivity index (χ1v) is 6.39. The lowest BCUT2D eigenvalue weighted by atomic mass is 9.80. The third-order valence-electron chi connectivity index (χ3n) is 3.45. The molecule has 0 bridgehead atoms. The van der Waals surface area contributed by atoms with Crippen molar-refractivity contribution in [2.75, 3.05) is 0 Å². The Kier molecular flexibility index (Phi) is 4.56. The van der Waals surface area contributed by atoms with Crippen LogP contribution in [0.15, 0.2) is 18.4 Å². The van der Waals surface area contributed by atoms with Crippen molar-refractivity contribution in [3.63, 3.8) is 0 Å². The fraction of sp³-hybridized carbons (Fsp3) is 0.786. The fourth-order valence-electron chi connectivity index (χ4n) is 2.66. The Morgan fingerprint density at radius 3 is 2.41 bits per heavy atom. The Bertz CT molecular complexity index is 307. The van der Waals surface area contributed by atoms with Gasteiger partial charge in [-0.2, -0.15) is 0 Å². The molecule has 1 aliphatic heterocycles. The summed E-state index contributed by atoms with van der Waals surface area (Å²) >= 11 is 0. The van der Waals surface area contributed by atoms with E-state index in [1.54, 1.807) is 6.08 Å². The summed E-state index contributed by atoms with van der Waals surface area (Å²) in [6.45, 7) is 12.2. The van der Waals surface area contributed by atoms with Gasteiger partial charge in [0.2, 0.25) is 0 Å². The summed E-state index contributed by atoms with van der Waals surface area (Å²) in [6.07, 6.45) is 2.68. The van der Waals surface area contributed by atoms with E-state index < -0.39 is 5.54 Å². The van der Waals surface area contributed by atoms with Crippen LogP contribution in [0.1, 0.15) is 34.1 Å². The summed E-state index contributed by atoms with van der Waals surface area (Å²) in [4.78, 5) is 0. The van der Waals surface area contributed by atoms with Crippen LogP contribution < -0.4 is 11.5 Å². The fourth-order valence-corrected chi connectivity index (χ4v) is 2.66. The van der Waals surface area contributed by atoms with Gasteiger partial charge in [0.25, 0.3) is 0 Å². The normalized spacial score (nSPS) is 37.5. The molecule has 4 atom stereocenters. The van der Waals surface area contributed by atoms with Crippen molar-refractivity contribution in [2.24, 2.45) is 23.3 Å². The molecule has 98 valence electrons. The maximum absolute atomic E-state index is 6.42. The van der Waals surface area contributed by atoms with Crippen LogP contribution in [0, 0.1) is 11.8 Å². The molecule has 0 aliphatic carbocycles. The lowest BCUT2D eigenvalue weighted by molar-refractivity contribution is -0.00168. The molecule has 3 heteroatoms. The molecule has 0 aromatic carbocycles. The lowest BCUT2D eigenvalue weighted by Crippen LogP contribution is -2.59. The molecule has 17 heavy (non-hydrogen) atoms. The van der Waals surface area contributed by atoms with Crippen LogP contribution in [0.2, 0.25) is 0 Å². The van der Waals surface area contributed by atoms with Crippen molar-refractivity contribution in [1.29, 1.82) is 0 Å². The highest BCUT2D eigenvalue weighted by atomic mass is 16.5. The van der Waals surface area contributed by atoms with Gasteiger partial charge in [0, 0.05) is 0 Å². The molecule has 0 radical (unpaired) electrons. The Morgan fingerprint density at radius 2 is 2.00 bits per heavy atom. The standard InChI is InChI=1S/C14H26N2O/c1-6-7-14(16)12(15)11(8-9(2)3)17-13(14)10(4)5/h7,9-13H,1,8,15-16H2,2-5H3/t11-,12-,13+,14-/m1/s1. The van der Waals surface area contributed by atoms with Gasteiger partial charge in [-0.1, -0.05) is 34.3 Å². The van der Waals surface area contributed by atoms with Crippen LogP contribution >= 0.6 is 0 Å². The first-order valence-electron chi connectivity index (χ1n) is 6.39. The quantitative estimate of drug-likeness (QED) is 0.734. The Morgan fingerprint density at radius 1 is 1.41 bits per heavy atom. The van der Waals surface area contributed by atoms with E-state index in [9.17, 15) is 0 Å². The van der Waals surface area contributed by atoms with Crippen molar-refractivity contribution in [1.82, 2.24) is 0 Å². The van der Waals surface area contributed by atoms with Gasteiger partial charge in [0.15, 0.2) is 0 Å². The van der Waals surface area contributed by atoms with Crippen molar-refractivity contribution in [3.05, 3.63) is 18.4 Å². The molecule has 0 aromatic heterocycles. The van der Waals surface area contributed by atoms with E-state index in [1.165, 1.54) is 0 Å². The maximum Gasteiger partial charge on any atom is 0.0861 e. The van der Waals surface area contributed by atoms with Crippen LogP contribution in [-0.2, 0) is 4.74 Å². The van der Waals surface area contributed by atoms with Crippen LogP contribution in [-0.4, -0.2) is 23.8 Å². The van der Waals surface area contributed by atoms with E-state index in [1.807, 2.05) is 0 Å². The molecular weight excluding hydrogens is 212 g/mol. The van der Waals surface area contributed by atoms with E-state index in [0.717, 1.165) is 6.42 Å². The van der Waals surface area contributed by atoms with Crippen molar-refractivity contribution >= 4 is 0 Å². The monoisotopic (exact) mass is 238 g/mol. The molecule has 1 saturated heterocycles. The SMILES string of the molecule is C=C=C[C@@]1(N)[C@H](N)[C@@H](CC(C)C)O[C@H]1C(C)C. The van der Waals surface area contributed by atoms with Crippen LogP contribution in [0.25, 0.3) is 0 Å². The van der Waals surface area contributed by atoms with Gasteiger partial charge in [0.1, 0.15) is 0 Å². The zero-order valence-electron chi connectivity index (χ0n) is 11.4. The van der Waals surface area contributed by atoms with E-state index >= 15 is 0 Å². The minimum absolute atomic E-state index is 0.0250. The molecule has 0 aromatic rings. The predicted molar refractivity (Wildman–Crippen MR) is 71.6 cm³/mol. The number of hydrogen-bond acceptors (Lipinski definition) is 3. The number of rotatable bonds is 4. The molecule has 0 saturated carbocycles. The smallest absolute Gasteiger partial charge is 0.0861 e. The lowest BCUT2D eigenvalue weighted by Gasteiger charge is -2.31. The van der Waals surface area contributed by atoms with E-state index in [0.29, 0.717) is 11.8 Å². The first kappa shape index (κ1) is 14.5. The topological polar surface area (TPSA) is 61.3 Å². The Hall–Kier alpha value is -0.600. The van der Waals surface area contributed by atoms with Gasteiger partial charge in [-0.05, 0) is 24.3 Å². The average molecular weight is 238 g/mol. The van der Waals surface area contributed by atoms with E-state index in [4.69, 9.17) is 16.2 Å². The largest absolute Gasteiger partial charge is 0.371 e. The number of hydrogen-bond donors (Lipinski definition) is 2. The summed E-state index contributed by atoms with van der Waals surface area (Å²) in [5.41, 5.74) is 14.8. The molecule has 0 amide bonds. The van der Waals surface area contributed by atoms with Gasteiger partial charge >= 0.3 is 0 Å². The Labute approximate surface area is 105 Å². The van der Waals surface area contributed by atoms with Crippen LogP contribution in [0.4, 0.5) is 0 Å². The third-order valence-corrected chi connectivity index (χ3v) is 3.45. The second-order valence-corrected chi connectivity index (χ2v) is 5.84. The molecule has 3 nitrogen and oxygen atoms in total. The zero-order valence-corrected chi connectivity index (χ0v) is 11.4. The first-order chi connectivity index (χ1) is 7.82. The second-order valence-electron chi connectivity index (χ2n) is 5.84. The summed E-state index contributed by atoms with van der Waals surface area (Å²) in [7, 11) is 0. The summed E-state index contributed by atoms with van der Waals surface area (Å²) < 4.78 is 6.07. The molecular formula is C14H26N2O. The maximum atomic E-state index is 6.42. The highest BCUT2D eigenvalue weighted by Gasteiger charge is 2.51. The second kappa shape index (κ2) is 5.36. The summed E-state index contributed by atoms with van der Waals surface area (Å²) in [6, 6.07) is -0.188. The van der Waals surface area contributed by atoms with Crippen molar-refractivity contribution in [3.8, 4) is 0 Å². The minimum atomic E-state index is -0.643. The Balaban J connectivity index is 2.97. The van der Waals surface area contributed by atoms with Crippen LogP contribution in [0.3, 0.4) is 0 Å². The van der Waals surface area contributed by atoms with E-state index in [-0.39, 0.29) is 18.2 Å². The number of ether oxygens (including phenoxy) is 1. The molecule has 1 fully saturated rings. The molecule has 1 heterocycles. The molecule has 0 unspecified atom stereocenters. The number of nitrogens with two attached hydrogens (primary N) is 2. The highest BCUT2D eigenvalue weighted by molar-refractivity contribution is 5.20. The average Bonchev–Trinajstić information content (AvgIpc) is 2.43. The van der Waals surface area contributed by atoms with Gasteiger partial charge in [-0.15, -0.1) is 5.73 Å². The molecule has 1 rings (SSSR count). The third kappa shape index (κ3) is 2.80. The van der Waals surface area contributed by atoms with Gasteiger partial charge < -0.3 is 16.2 Å². The molecule has 1 aliphatic rings. The van der Waals surface area contributed by atoms with Gasteiger partial charge in [-0.25, -0.2) is 0 Å². The summed E-state index contributed by atoms with van der Waals surface area (Å²) in [5, 5.41) is 0. The van der Waals surface area contributed by atoms with Crippen LogP contribution in [0.5, 0.6) is 0 Å². The molecule has 4 N–H and O–H groups in total. The zero-order chi connectivity index (χ0) is 13.2. The van der Waals surface area contributed by atoms with Gasteiger partial charge in [0.05, 0.1) is 23.8 Å².